The molecule has 3 amide bonds. The minimum Gasteiger partial charge on any atom is -0.398 e. The SMILES string of the molecule is CC(=O)NCC(=O)N1CCc2cc(C(=O)N3CCCc4c(N)cccc43)ccc21. The summed E-state index contributed by atoms with van der Waals surface area (Å²) in [5, 5.41) is 2.54. The van der Waals surface area contributed by atoms with Gasteiger partial charge in [0, 0.05) is 42.6 Å². The van der Waals surface area contributed by atoms with Crippen LogP contribution in [-0.2, 0) is 22.4 Å². The van der Waals surface area contributed by atoms with E-state index in [4.69, 9.17) is 5.73 Å². The van der Waals surface area contributed by atoms with Crippen LogP contribution in [0.25, 0.3) is 0 Å². The van der Waals surface area contributed by atoms with E-state index in [1.807, 2.05) is 30.3 Å². The number of hydrogen-bond acceptors (Lipinski definition) is 4. The van der Waals surface area contributed by atoms with Crippen molar-refractivity contribution in [3.05, 3.63) is 53.1 Å². The van der Waals surface area contributed by atoms with Crippen LogP contribution >= 0.6 is 0 Å². The highest BCUT2D eigenvalue weighted by atomic mass is 16.2. The third-order valence-corrected chi connectivity index (χ3v) is 5.54. The summed E-state index contributed by atoms with van der Waals surface area (Å²) in [6, 6.07) is 11.2. The highest BCUT2D eigenvalue weighted by Crippen LogP contribution is 2.34. The van der Waals surface area contributed by atoms with Crippen molar-refractivity contribution in [3.63, 3.8) is 0 Å². The number of hydrogen-bond donors (Lipinski definition) is 2. The number of fused-ring (bicyclic) bond motifs is 2. The van der Waals surface area contributed by atoms with Crippen LogP contribution in [0.2, 0.25) is 0 Å². The second-order valence-corrected chi connectivity index (χ2v) is 7.45. The molecular weight excluding hydrogens is 368 g/mol. The van der Waals surface area contributed by atoms with Crippen LogP contribution in [0.15, 0.2) is 36.4 Å². The first-order chi connectivity index (χ1) is 14.0. The number of rotatable bonds is 3. The minimum atomic E-state index is -0.235. The first-order valence-corrected chi connectivity index (χ1v) is 9.82. The number of nitrogens with zero attached hydrogens (tertiary/aromatic N) is 2. The third-order valence-electron chi connectivity index (χ3n) is 5.54. The van der Waals surface area contributed by atoms with Crippen molar-refractivity contribution in [2.24, 2.45) is 0 Å². The topological polar surface area (TPSA) is 95.7 Å². The van der Waals surface area contributed by atoms with Crippen LogP contribution in [0.4, 0.5) is 17.1 Å². The Morgan fingerprint density at radius 2 is 1.86 bits per heavy atom. The molecule has 0 saturated carbocycles. The fraction of sp³-hybridized carbons (Fsp3) is 0.318. The van der Waals surface area contributed by atoms with Gasteiger partial charge in [0.05, 0.1) is 6.54 Å². The summed E-state index contributed by atoms with van der Waals surface area (Å²) in [6.07, 6.45) is 2.44. The van der Waals surface area contributed by atoms with Gasteiger partial charge in [-0.25, -0.2) is 0 Å². The number of anilines is 3. The molecule has 2 aromatic carbocycles. The summed E-state index contributed by atoms with van der Waals surface area (Å²) in [5.41, 5.74) is 11.1. The van der Waals surface area contributed by atoms with Crippen molar-refractivity contribution in [2.75, 3.05) is 35.2 Å². The normalized spacial score (nSPS) is 14.9. The van der Waals surface area contributed by atoms with Crippen LogP contribution in [0.1, 0.15) is 34.8 Å². The molecule has 0 unspecified atom stereocenters. The maximum Gasteiger partial charge on any atom is 0.258 e. The summed E-state index contributed by atoms with van der Waals surface area (Å²) in [7, 11) is 0. The van der Waals surface area contributed by atoms with Crippen LogP contribution in [-0.4, -0.2) is 37.4 Å². The standard InChI is InChI=1S/C22H24N4O3/c1-14(27)24-13-21(28)25-11-9-15-12-16(7-8-19(15)25)22(29)26-10-3-4-17-18(23)5-2-6-20(17)26/h2,5-8,12H,3-4,9-11,13,23H2,1H3,(H,24,27). The van der Waals surface area contributed by atoms with E-state index in [2.05, 4.69) is 5.32 Å². The summed E-state index contributed by atoms with van der Waals surface area (Å²) in [4.78, 5) is 40.1. The van der Waals surface area contributed by atoms with Gasteiger partial charge in [-0.2, -0.15) is 0 Å². The second-order valence-electron chi connectivity index (χ2n) is 7.45. The molecule has 0 aromatic heterocycles. The lowest BCUT2D eigenvalue weighted by atomic mass is 9.98. The van der Waals surface area contributed by atoms with Gasteiger partial charge in [0.2, 0.25) is 11.8 Å². The highest BCUT2D eigenvalue weighted by Gasteiger charge is 2.28. The van der Waals surface area contributed by atoms with Crippen molar-refractivity contribution in [1.29, 1.82) is 0 Å². The Labute approximate surface area is 169 Å². The summed E-state index contributed by atoms with van der Waals surface area (Å²) >= 11 is 0. The molecule has 7 nitrogen and oxygen atoms in total. The van der Waals surface area contributed by atoms with E-state index in [0.29, 0.717) is 25.1 Å². The number of nitrogens with one attached hydrogen (secondary N) is 1. The van der Waals surface area contributed by atoms with E-state index < -0.39 is 0 Å². The molecule has 3 N–H and O–H groups in total. The van der Waals surface area contributed by atoms with Gasteiger partial charge in [-0.15, -0.1) is 0 Å². The van der Waals surface area contributed by atoms with E-state index in [0.717, 1.165) is 41.0 Å². The lowest BCUT2D eigenvalue weighted by molar-refractivity contribution is -0.123. The second kappa shape index (κ2) is 7.58. The van der Waals surface area contributed by atoms with Crippen molar-refractivity contribution < 1.29 is 14.4 Å². The zero-order chi connectivity index (χ0) is 20.5. The van der Waals surface area contributed by atoms with Gasteiger partial charge >= 0.3 is 0 Å². The van der Waals surface area contributed by atoms with Gasteiger partial charge in [-0.05, 0) is 60.7 Å². The minimum absolute atomic E-state index is 0.0263. The molecular formula is C22H24N4O3. The monoisotopic (exact) mass is 392 g/mol. The molecule has 150 valence electrons. The number of benzene rings is 2. The fourth-order valence-corrected chi connectivity index (χ4v) is 4.11. The maximum absolute atomic E-state index is 13.2. The molecule has 2 aliphatic rings. The predicted octanol–water partition coefficient (Wildman–Crippen LogP) is 1.89. The number of nitrogens with two attached hydrogens (primary N) is 1. The molecule has 0 fully saturated rings. The molecule has 0 saturated heterocycles. The summed E-state index contributed by atoms with van der Waals surface area (Å²) in [5.74, 6) is -0.443. The van der Waals surface area contributed by atoms with Gasteiger partial charge in [-0.1, -0.05) is 6.07 Å². The number of carbonyl (C=O) groups excluding carboxylic acids is 3. The first-order valence-electron chi connectivity index (χ1n) is 9.82. The number of nitrogen functional groups attached to an aromatic ring is 1. The van der Waals surface area contributed by atoms with Crippen LogP contribution in [0, 0.1) is 0 Å². The molecule has 0 radical (unpaired) electrons. The Hall–Kier alpha value is -3.35. The highest BCUT2D eigenvalue weighted by molar-refractivity contribution is 6.08. The van der Waals surface area contributed by atoms with E-state index in [1.165, 1.54) is 6.92 Å². The smallest absolute Gasteiger partial charge is 0.258 e. The number of amides is 3. The summed E-state index contributed by atoms with van der Waals surface area (Å²) in [6.45, 7) is 2.57. The predicted molar refractivity (Wildman–Crippen MR) is 112 cm³/mol. The van der Waals surface area contributed by atoms with E-state index in [1.54, 1.807) is 15.9 Å². The van der Waals surface area contributed by atoms with E-state index >= 15 is 0 Å². The van der Waals surface area contributed by atoms with Gasteiger partial charge in [0.15, 0.2) is 0 Å². The Morgan fingerprint density at radius 3 is 2.66 bits per heavy atom. The lowest BCUT2D eigenvalue weighted by Crippen LogP contribution is -2.38. The van der Waals surface area contributed by atoms with Crippen LogP contribution in [0.3, 0.4) is 0 Å². The molecule has 2 aliphatic heterocycles. The van der Waals surface area contributed by atoms with Gasteiger partial charge < -0.3 is 20.9 Å². The van der Waals surface area contributed by atoms with Crippen LogP contribution < -0.4 is 20.9 Å². The average Bonchev–Trinajstić information content (AvgIpc) is 3.15. The molecule has 0 atom stereocenters. The zero-order valence-electron chi connectivity index (χ0n) is 16.4. The van der Waals surface area contributed by atoms with E-state index in [-0.39, 0.29) is 24.3 Å². The van der Waals surface area contributed by atoms with Gasteiger partial charge in [-0.3, -0.25) is 14.4 Å². The zero-order valence-corrected chi connectivity index (χ0v) is 16.4. The fourth-order valence-electron chi connectivity index (χ4n) is 4.11. The molecule has 0 aliphatic carbocycles. The lowest BCUT2D eigenvalue weighted by Gasteiger charge is -2.30. The van der Waals surface area contributed by atoms with Crippen molar-refractivity contribution >= 4 is 34.8 Å². The molecule has 0 spiro atoms. The Kier molecular flexibility index (Phi) is 4.96. The molecule has 0 bridgehead atoms. The third kappa shape index (κ3) is 3.55. The Bertz CT molecular complexity index is 1000. The van der Waals surface area contributed by atoms with Crippen LogP contribution in [0.5, 0.6) is 0 Å². The quantitative estimate of drug-likeness (QED) is 0.780. The molecule has 7 heteroatoms. The molecule has 29 heavy (non-hydrogen) atoms. The molecule has 2 aromatic rings. The maximum atomic E-state index is 13.2. The van der Waals surface area contributed by atoms with Crippen molar-refractivity contribution in [1.82, 2.24) is 5.32 Å². The Balaban J connectivity index is 1.56. The summed E-state index contributed by atoms with van der Waals surface area (Å²) < 4.78 is 0. The molecule has 4 rings (SSSR count). The Morgan fingerprint density at radius 1 is 1.03 bits per heavy atom. The largest absolute Gasteiger partial charge is 0.398 e. The number of carbonyl (C=O) groups is 3. The van der Waals surface area contributed by atoms with Gasteiger partial charge in [0.25, 0.3) is 5.91 Å². The van der Waals surface area contributed by atoms with Crippen molar-refractivity contribution in [2.45, 2.75) is 26.2 Å². The van der Waals surface area contributed by atoms with E-state index in [9.17, 15) is 14.4 Å². The van der Waals surface area contributed by atoms with Crippen molar-refractivity contribution in [3.8, 4) is 0 Å². The average molecular weight is 392 g/mol. The molecule has 2 heterocycles. The first kappa shape index (κ1) is 19.0. The van der Waals surface area contributed by atoms with Gasteiger partial charge in [0.1, 0.15) is 0 Å².